The van der Waals surface area contributed by atoms with Crippen LogP contribution in [0.3, 0.4) is 0 Å². The van der Waals surface area contributed by atoms with E-state index in [9.17, 15) is 9.59 Å². The molecule has 0 fully saturated rings. The maximum Gasteiger partial charge on any atom is 0.303 e. The lowest BCUT2D eigenvalue weighted by Gasteiger charge is -2.21. The van der Waals surface area contributed by atoms with Gasteiger partial charge in [0.05, 0.1) is 7.11 Å². The number of hydrogen-bond acceptors (Lipinski definition) is 4. The molecule has 0 bridgehead atoms. The van der Waals surface area contributed by atoms with E-state index < -0.39 is 17.5 Å². The second-order valence-electron chi connectivity index (χ2n) is 4.94. The summed E-state index contributed by atoms with van der Waals surface area (Å²) < 4.78 is 10.3. The van der Waals surface area contributed by atoms with Gasteiger partial charge >= 0.3 is 5.97 Å². The summed E-state index contributed by atoms with van der Waals surface area (Å²) in [5.74, 6) is -0.277. The lowest BCUT2D eigenvalue weighted by atomic mass is 9.99. The number of ether oxygens (including phenoxy) is 2. The van der Waals surface area contributed by atoms with Crippen molar-refractivity contribution in [1.29, 1.82) is 0 Å². The second-order valence-corrected chi connectivity index (χ2v) is 5.41. The highest BCUT2D eigenvalue weighted by Crippen LogP contribution is 2.29. The van der Waals surface area contributed by atoms with Gasteiger partial charge in [0.15, 0.2) is 6.10 Å². The number of hydrogen-bond donors (Lipinski definition) is 0. The van der Waals surface area contributed by atoms with E-state index >= 15 is 0 Å². The van der Waals surface area contributed by atoms with Crippen LogP contribution in [0.25, 0.3) is 0 Å². The molecule has 0 radical (unpaired) electrons. The molecule has 0 spiro atoms. The molecule has 0 aliphatic carbocycles. The van der Waals surface area contributed by atoms with Gasteiger partial charge in [0, 0.05) is 12.5 Å². The van der Waals surface area contributed by atoms with Gasteiger partial charge in [0.25, 0.3) is 0 Å². The molecule has 2 aromatic rings. The number of rotatable bonds is 6. The number of ketones is 1. The minimum atomic E-state index is -1.09. The molecule has 0 aliphatic heterocycles. The molecule has 0 amide bonds. The fourth-order valence-electron chi connectivity index (χ4n) is 2.16. The van der Waals surface area contributed by atoms with Gasteiger partial charge in [0.2, 0.25) is 5.78 Å². The summed E-state index contributed by atoms with van der Waals surface area (Å²) in [5.41, 5.74) is 1.11. The highest BCUT2D eigenvalue weighted by Gasteiger charge is 2.31. The lowest BCUT2D eigenvalue weighted by Crippen LogP contribution is -2.30. The van der Waals surface area contributed by atoms with Gasteiger partial charge < -0.3 is 9.47 Å². The molecule has 5 heteroatoms. The third-order valence-corrected chi connectivity index (χ3v) is 3.79. The van der Waals surface area contributed by atoms with Crippen LogP contribution in [0.2, 0.25) is 0 Å². The molecule has 0 aromatic heterocycles. The molecule has 0 saturated heterocycles. The first-order chi connectivity index (χ1) is 11.0. The average Bonchev–Trinajstić information content (AvgIpc) is 2.59. The van der Waals surface area contributed by atoms with Crippen LogP contribution in [0.1, 0.15) is 28.2 Å². The molecule has 23 heavy (non-hydrogen) atoms. The van der Waals surface area contributed by atoms with Crippen LogP contribution in [0.15, 0.2) is 54.6 Å². The third kappa shape index (κ3) is 4.33. The summed E-state index contributed by atoms with van der Waals surface area (Å²) in [6, 6.07) is 15.6. The topological polar surface area (TPSA) is 52.6 Å². The number of carbonyl (C=O) groups is 2. The van der Waals surface area contributed by atoms with Crippen molar-refractivity contribution in [3.8, 4) is 5.75 Å². The van der Waals surface area contributed by atoms with Gasteiger partial charge in [-0.25, -0.2) is 0 Å². The van der Waals surface area contributed by atoms with Gasteiger partial charge in [-0.2, -0.15) is 0 Å². The fraction of sp³-hybridized carbons (Fsp3) is 0.222. The van der Waals surface area contributed by atoms with Crippen molar-refractivity contribution in [3.05, 3.63) is 65.7 Å². The highest BCUT2D eigenvalue weighted by molar-refractivity contribution is 6.23. The standard InChI is InChI=1S/C18H17ClO4/c1-12(20)23-18(16(19)13-6-4-3-5-7-13)17(21)14-8-10-15(22-2)11-9-14/h3-11,16,18H,1-2H3/t16-,18+/m0/s1. The molecule has 120 valence electrons. The molecule has 0 N–H and O–H groups in total. The predicted molar refractivity (Wildman–Crippen MR) is 87.9 cm³/mol. The molecule has 4 nitrogen and oxygen atoms in total. The monoisotopic (exact) mass is 332 g/mol. The Bertz CT molecular complexity index is 667. The van der Waals surface area contributed by atoms with E-state index in [1.165, 1.54) is 6.92 Å². The van der Waals surface area contributed by atoms with Gasteiger partial charge in [-0.15, -0.1) is 11.6 Å². The number of carbonyl (C=O) groups excluding carboxylic acids is 2. The highest BCUT2D eigenvalue weighted by atomic mass is 35.5. The maximum atomic E-state index is 12.7. The van der Waals surface area contributed by atoms with Crippen molar-refractivity contribution in [1.82, 2.24) is 0 Å². The summed E-state index contributed by atoms with van der Waals surface area (Å²) in [6.45, 7) is 1.25. The first-order valence-corrected chi connectivity index (χ1v) is 7.51. The second kappa shape index (κ2) is 7.79. The Morgan fingerprint density at radius 3 is 2.13 bits per heavy atom. The molecule has 2 aromatic carbocycles. The van der Waals surface area contributed by atoms with Gasteiger partial charge in [-0.1, -0.05) is 30.3 Å². The van der Waals surface area contributed by atoms with E-state index in [0.717, 1.165) is 0 Å². The van der Waals surface area contributed by atoms with Crippen molar-refractivity contribution < 1.29 is 19.1 Å². The smallest absolute Gasteiger partial charge is 0.303 e. The van der Waals surface area contributed by atoms with E-state index in [1.54, 1.807) is 43.5 Å². The summed E-state index contributed by atoms with van der Waals surface area (Å²) in [6.07, 6.45) is -1.09. The van der Waals surface area contributed by atoms with Crippen molar-refractivity contribution in [2.75, 3.05) is 7.11 Å². The zero-order valence-corrected chi connectivity index (χ0v) is 13.6. The number of halogens is 1. The third-order valence-electron chi connectivity index (χ3n) is 3.31. The van der Waals surface area contributed by atoms with E-state index in [-0.39, 0.29) is 5.78 Å². The molecule has 0 unspecified atom stereocenters. The van der Waals surface area contributed by atoms with Gasteiger partial charge in [0.1, 0.15) is 11.1 Å². The zero-order valence-electron chi connectivity index (χ0n) is 12.9. The molecular weight excluding hydrogens is 316 g/mol. The minimum absolute atomic E-state index is 0.355. The van der Waals surface area contributed by atoms with Gasteiger partial charge in [-0.3, -0.25) is 9.59 Å². The SMILES string of the molecule is COc1ccc(C(=O)[C@H](OC(C)=O)[C@@H](Cl)c2ccccc2)cc1. The molecular formula is C18H17ClO4. The van der Waals surface area contributed by atoms with Crippen LogP contribution >= 0.6 is 11.6 Å². The van der Waals surface area contributed by atoms with Crippen LogP contribution in [-0.2, 0) is 9.53 Å². The summed E-state index contributed by atoms with van der Waals surface area (Å²) in [5, 5.41) is -0.769. The molecule has 0 saturated carbocycles. The van der Waals surface area contributed by atoms with Crippen LogP contribution < -0.4 is 4.74 Å². The Morgan fingerprint density at radius 2 is 1.61 bits per heavy atom. The van der Waals surface area contributed by atoms with Crippen molar-refractivity contribution in [3.63, 3.8) is 0 Å². The number of methoxy groups -OCH3 is 1. The van der Waals surface area contributed by atoms with E-state index in [4.69, 9.17) is 21.1 Å². The Labute approximate surface area is 140 Å². The maximum absolute atomic E-state index is 12.7. The Morgan fingerprint density at radius 1 is 1.00 bits per heavy atom. The van der Waals surface area contributed by atoms with Crippen LogP contribution in [0, 0.1) is 0 Å². The van der Waals surface area contributed by atoms with Crippen molar-refractivity contribution in [2.45, 2.75) is 18.4 Å². The summed E-state index contributed by atoms with van der Waals surface area (Å²) in [7, 11) is 1.54. The largest absolute Gasteiger partial charge is 0.497 e. The number of alkyl halides is 1. The normalized spacial score (nSPS) is 13.0. The van der Waals surface area contributed by atoms with Crippen LogP contribution in [-0.4, -0.2) is 25.0 Å². The molecule has 2 rings (SSSR count). The fourth-order valence-corrected chi connectivity index (χ4v) is 2.47. The summed E-state index contributed by atoms with van der Waals surface area (Å²) >= 11 is 6.40. The summed E-state index contributed by atoms with van der Waals surface area (Å²) in [4.78, 5) is 24.1. The Hall–Kier alpha value is -2.33. The van der Waals surface area contributed by atoms with E-state index in [1.807, 2.05) is 18.2 Å². The van der Waals surface area contributed by atoms with Crippen molar-refractivity contribution >= 4 is 23.4 Å². The van der Waals surface area contributed by atoms with Crippen molar-refractivity contribution in [2.24, 2.45) is 0 Å². The first kappa shape index (κ1) is 17.0. The predicted octanol–water partition coefficient (Wildman–Crippen LogP) is 3.79. The average molecular weight is 333 g/mol. The Kier molecular flexibility index (Phi) is 5.77. The minimum Gasteiger partial charge on any atom is -0.497 e. The molecule has 0 aliphatic rings. The quantitative estimate of drug-likeness (QED) is 0.459. The number of esters is 1. The molecule has 0 heterocycles. The lowest BCUT2D eigenvalue weighted by molar-refractivity contribution is -0.144. The number of benzene rings is 2. The van der Waals surface area contributed by atoms with Crippen LogP contribution in [0.5, 0.6) is 5.75 Å². The van der Waals surface area contributed by atoms with E-state index in [0.29, 0.717) is 16.9 Å². The Balaban J connectivity index is 2.29. The van der Waals surface area contributed by atoms with Crippen LogP contribution in [0.4, 0.5) is 0 Å². The molecule has 2 atom stereocenters. The van der Waals surface area contributed by atoms with Gasteiger partial charge in [-0.05, 0) is 29.8 Å². The number of Topliss-reactive ketones (excluding diaryl/α,β-unsaturated/α-hetero) is 1. The first-order valence-electron chi connectivity index (χ1n) is 7.07. The zero-order chi connectivity index (χ0) is 16.8. The van der Waals surface area contributed by atoms with E-state index in [2.05, 4.69) is 0 Å².